The lowest BCUT2D eigenvalue weighted by molar-refractivity contribution is 0.113. The maximum atomic E-state index is 10.00. The van der Waals surface area contributed by atoms with Gasteiger partial charge in [-0.1, -0.05) is 32.4 Å². The standard InChI is InChI=1S/C14H20O2/c1-9-7-10-12(15)5-6-16-13(10)11(8-9)14(2,3)4/h7-8,12,15H,5-6H2,1-4H3. The molecule has 2 heteroatoms. The van der Waals surface area contributed by atoms with Gasteiger partial charge in [0, 0.05) is 17.5 Å². The van der Waals surface area contributed by atoms with Crippen molar-refractivity contribution in [3.8, 4) is 5.75 Å². The fourth-order valence-electron chi connectivity index (χ4n) is 2.20. The summed E-state index contributed by atoms with van der Waals surface area (Å²) in [6.07, 6.45) is 0.324. The summed E-state index contributed by atoms with van der Waals surface area (Å²) in [5, 5.41) is 10.00. The number of aliphatic hydroxyl groups excluding tert-OH is 1. The molecule has 1 heterocycles. The number of fused-ring (bicyclic) bond motifs is 1. The van der Waals surface area contributed by atoms with Crippen LogP contribution >= 0.6 is 0 Å². The molecule has 0 aromatic heterocycles. The minimum Gasteiger partial charge on any atom is -0.493 e. The number of benzene rings is 1. The van der Waals surface area contributed by atoms with Crippen molar-refractivity contribution in [2.75, 3.05) is 6.61 Å². The Bertz CT molecular complexity index is 402. The van der Waals surface area contributed by atoms with Gasteiger partial charge in [0.1, 0.15) is 5.75 Å². The molecule has 0 saturated carbocycles. The largest absolute Gasteiger partial charge is 0.493 e. The summed E-state index contributed by atoms with van der Waals surface area (Å²) < 4.78 is 5.75. The molecule has 1 aliphatic heterocycles. The van der Waals surface area contributed by atoms with Crippen LogP contribution in [-0.4, -0.2) is 11.7 Å². The maximum Gasteiger partial charge on any atom is 0.128 e. The third kappa shape index (κ3) is 1.94. The van der Waals surface area contributed by atoms with Gasteiger partial charge in [-0.25, -0.2) is 0 Å². The Morgan fingerprint density at radius 1 is 1.31 bits per heavy atom. The topological polar surface area (TPSA) is 29.5 Å². The molecule has 0 aliphatic carbocycles. The predicted molar refractivity (Wildman–Crippen MR) is 65.0 cm³/mol. The summed E-state index contributed by atoms with van der Waals surface area (Å²) in [6, 6.07) is 4.20. The highest BCUT2D eigenvalue weighted by Gasteiger charge is 2.27. The van der Waals surface area contributed by atoms with Crippen molar-refractivity contribution in [2.24, 2.45) is 0 Å². The van der Waals surface area contributed by atoms with Crippen molar-refractivity contribution in [1.82, 2.24) is 0 Å². The third-order valence-electron chi connectivity index (χ3n) is 3.07. The molecular weight excluding hydrogens is 200 g/mol. The van der Waals surface area contributed by atoms with Crippen LogP contribution in [0, 0.1) is 6.92 Å². The Labute approximate surface area is 97.3 Å². The van der Waals surface area contributed by atoms with Gasteiger partial charge in [0.2, 0.25) is 0 Å². The highest BCUT2D eigenvalue weighted by atomic mass is 16.5. The van der Waals surface area contributed by atoms with E-state index in [9.17, 15) is 5.11 Å². The molecule has 16 heavy (non-hydrogen) atoms. The minimum absolute atomic E-state index is 0.0488. The Balaban J connectivity index is 2.62. The van der Waals surface area contributed by atoms with Crippen LogP contribution in [0.5, 0.6) is 5.75 Å². The van der Waals surface area contributed by atoms with Crippen molar-refractivity contribution < 1.29 is 9.84 Å². The fraction of sp³-hybridized carbons (Fsp3) is 0.571. The molecule has 1 atom stereocenters. The van der Waals surface area contributed by atoms with Gasteiger partial charge in [0.25, 0.3) is 0 Å². The van der Waals surface area contributed by atoms with Crippen LogP contribution in [0.1, 0.15) is 50.0 Å². The van der Waals surface area contributed by atoms with Crippen LogP contribution in [0.25, 0.3) is 0 Å². The Morgan fingerprint density at radius 3 is 2.62 bits per heavy atom. The van der Waals surface area contributed by atoms with Crippen LogP contribution in [0.3, 0.4) is 0 Å². The van der Waals surface area contributed by atoms with Gasteiger partial charge in [-0.3, -0.25) is 0 Å². The smallest absolute Gasteiger partial charge is 0.128 e. The van der Waals surface area contributed by atoms with Crippen molar-refractivity contribution in [3.05, 3.63) is 28.8 Å². The molecule has 1 unspecified atom stereocenters. The van der Waals surface area contributed by atoms with Crippen LogP contribution < -0.4 is 4.74 Å². The maximum absolute atomic E-state index is 10.00. The van der Waals surface area contributed by atoms with E-state index in [2.05, 4.69) is 33.8 Å². The summed E-state index contributed by atoms with van der Waals surface area (Å²) in [4.78, 5) is 0. The molecule has 2 rings (SSSR count). The van der Waals surface area contributed by atoms with Gasteiger partial charge in [-0.05, 0) is 18.4 Å². The number of rotatable bonds is 0. The number of ether oxygens (including phenoxy) is 1. The highest BCUT2D eigenvalue weighted by molar-refractivity contribution is 5.49. The summed E-state index contributed by atoms with van der Waals surface area (Å²) >= 11 is 0. The van der Waals surface area contributed by atoms with Crippen molar-refractivity contribution in [3.63, 3.8) is 0 Å². The second-order valence-electron chi connectivity index (χ2n) is 5.63. The lowest BCUT2D eigenvalue weighted by Crippen LogP contribution is -2.20. The van der Waals surface area contributed by atoms with E-state index in [1.807, 2.05) is 6.07 Å². The van der Waals surface area contributed by atoms with E-state index in [0.717, 1.165) is 11.3 Å². The Hall–Kier alpha value is -1.02. The van der Waals surface area contributed by atoms with E-state index >= 15 is 0 Å². The Morgan fingerprint density at radius 2 is 2.00 bits per heavy atom. The minimum atomic E-state index is -0.371. The second kappa shape index (κ2) is 3.77. The molecule has 0 saturated heterocycles. The number of hydrogen-bond acceptors (Lipinski definition) is 2. The zero-order valence-corrected chi connectivity index (χ0v) is 10.5. The first-order valence-corrected chi connectivity index (χ1v) is 5.85. The highest BCUT2D eigenvalue weighted by Crippen LogP contribution is 2.41. The SMILES string of the molecule is Cc1cc2c(c(C(C)(C)C)c1)OCCC2O. The van der Waals surface area contributed by atoms with E-state index in [1.54, 1.807) is 0 Å². The van der Waals surface area contributed by atoms with E-state index in [0.29, 0.717) is 13.0 Å². The summed E-state index contributed by atoms with van der Waals surface area (Å²) in [7, 11) is 0. The molecule has 1 N–H and O–H groups in total. The lowest BCUT2D eigenvalue weighted by Gasteiger charge is -2.30. The van der Waals surface area contributed by atoms with Gasteiger partial charge >= 0.3 is 0 Å². The van der Waals surface area contributed by atoms with Gasteiger partial charge in [-0.15, -0.1) is 0 Å². The van der Waals surface area contributed by atoms with Gasteiger partial charge in [0.15, 0.2) is 0 Å². The molecule has 0 radical (unpaired) electrons. The number of aryl methyl sites for hydroxylation is 1. The molecular formula is C14H20O2. The number of hydrogen-bond donors (Lipinski definition) is 1. The molecule has 88 valence electrons. The average Bonchev–Trinajstić information content (AvgIpc) is 2.17. The van der Waals surface area contributed by atoms with Crippen LogP contribution in [0.2, 0.25) is 0 Å². The molecule has 1 aliphatic rings. The average molecular weight is 220 g/mol. The van der Waals surface area contributed by atoms with Crippen LogP contribution in [0.15, 0.2) is 12.1 Å². The first kappa shape index (κ1) is 11.5. The second-order valence-corrected chi connectivity index (χ2v) is 5.63. The van der Waals surface area contributed by atoms with E-state index in [4.69, 9.17) is 4.74 Å². The molecule has 2 nitrogen and oxygen atoms in total. The van der Waals surface area contributed by atoms with Crippen LogP contribution in [-0.2, 0) is 5.41 Å². The fourth-order valence-corrected chi connectivity index (χ4v) is 2.20. The zero-order chi connectivity index (χ0) is 11.9. The molecule has 0 spiro atoms. The van der Waals surface area contributed by atoms with Gasteiger partial charge in [0.05, 0.1) is 12.7 Å². The molecule has 1 aromatic carbocycles. The molecule has 0 amide bonds. The van der Waals surface area contributed by atoms with Crippen molar-refractivity contribution in [2.45, 2.75) is 45.6 Å². The quantitative estimate of drug-likeness (QED) is 0.728. The summed E-state index contributed by atoms with van der Waals surface area (Å²) in [6.45, 7) is 9.20. The first-order chi connectivity index (χ1) is 7.39. The summed E-state index contributed by atoms with van der Waals surface area (Å²) in [5.74, 6) is 0.900. The lowest BCUT2D eigenvalue weighted by atomic mass is 9.82. The van der Waals surface area contributed by atoms with E-state index in [-0.39, 0.29) is 11.5 Å². The van der Waals surface area contributed by atoms with Gasteiger partial charge in [-0.2, -0.15) is 0 Å². The first-order valence-electron chi connectivity index (χ1n) is 5.85. The third-order valence-corrected chi connectivity index (χ3v) is 3.07. The summed E-state index contributed by atoms with van der Waals surface area (Å²) in [5.41, 5.74) is 3.39. The van der Waals surface area contributed by atoms with E-state index in [1.165, 1.54) is 11.1 Å². The van der Waals surface area contributed by atoms with Crippen molar-refractivity contribution in [1.29, 1.82) is 0 Å². The van der Waals surface area contributed by atoms with Gasteiger partial charge < -0.3 is 9.84 Å². The van der Waals surface area contributed by atoms with Crippen molar-refractivity contribution >= 4 is 0 Å². The predicted octanol–water partition coefficient (Wildman–Crippen LogP) is 3.11. The van der Waals surface area contributed by atoms with Crippen LogP contribution in [0.4, 0.5) is 0 Å². The Kier molecular flexibility index (Phi) is 2.70. The molecule has 1 aromatic rings. The monoisotopic (exact) mass is 220 g/mol. The van der Waals surface area contributed by atoms with E-state index < -0.39 is 0 Å². The molecule has 0 bridgehead atoms. The number of aliphatic hydroxyl groups is 1. The zero-order valence-electron chi connectivity index (χ0n) is 10.5. The molecule has 0 fully saturated rings. The normalized spacial score (nSPS) is 20.2.